The summed E-state index contributed by atoms with van der Waals surface area (Å²) in [5.74, 6) is -0.210. The summed E-state index contributed by atoms with van der Waals surface area (Å²) in [5.41, 5.74) is 2.23. The van der Waals surface area contributed by atoms with Gasteiger partial charge in [0.1, 0.15) is 17.2 Å². The van der Waals surface area contributed by atoms with Crippen molar-refractivity contribution >= 4 is 23.5 Å². The van der Waals surface area contributed by atoms with Crippen LogP contribution in [0.3, 0.4) is 0 Å². The van der Waals surface area contributed by atoms with Crippen molar-refractivity contribution in [1.29, 1.82) is 0 Å². The lowest BCUT2D eigenvalue weighted by molar-refractivity contribution is -0.139. The Labute approximate surface area is 197 Å². The number of fused-ring (bicyclic) bond motifs is 1. The van der Waals surface area contributed by atoms with Crippen LogP contribution in [0.2, 0.25) is 5.02 Å². The van der Waals surface area contributed by atoms with Gasteiger partial charge in [-0.25, -0.2) is 0 Å². The Balaban J connectivity index is 1.40. The van der Waals surface area contributed by atoms with Crippen LogP contribution < -0.4 is 14.8 Å². The fourth-order valence-corrected chi connectivity index (χ4v) is 3.98. The number of amides is 1. The van der Waals surface area contributed by atoms with Crippen LogP contribution in [0.25, 0.3) is 0 Å². The van der Waals surface area contributed by atoms with Crippen molar-refractivity contribution in [1.82, 2.24) is 5.32 Å². The van der Waals surface area contributed by atoms with Crippen molar-refractivity contribution in [2.75, 3.05) is 13.2 Å². The van der Waals surface area contributed by atoms with E-state index in [2.05, 4.69) is 12.2 Å². The third-order valence-corrected chi connectivity index (χ3v) is 5.98. The molecular weight excluding hydrogens is 442 g/mol. The van der Waals surface area contributed by atoms with Crippen molar-refractivity contribution in [2.45, 2.75) is 25.2 Å². The van der Waals surface area contributed by atoms with E-state index in [0.717, 1.165) is 0 Å². The van der Waals surface area contributed by atoms with E-state index in [9.17, 15) is 14.7 Å². The van der Waals surface area contributed by atoms with Crippen molar-refractivity contribution in [3.05, 3.63) is 88.4 Å². The highest BCUT2D eigenvalue weighted by atomic mass is 35.5. The molecule has 0 radical (unpaired) electrons. The van der Waals surface area contributed by atoms with Gasteiger partial charge in [0.05, 0.1) is 17.5 Å². The van der Waals surface area contributed by atoms with E-state index >= 15 is 0 Å². The molecule has 3 aromatic rings. The van der Waals surface area contributed by atoms with Gasteiger partial charge in [-0.2, -0.15) is 0 Å². The highest BCUT2D eigenvalue weighted by Crippen LogP contribution is 2.41. The average Bonchev–Trinajstić information content (AvgIpc) is 2.83. The lowest BCUT2D eigenvalue weighted by Gasteiger charge is -2.24. The maximum atomic E-state index is 12.5. The molecule has 0 aromatic heterocycles. The first-order chi connectivity index (χ1) is 15.9. The molecule has 0 fully saturated rings. The Morgan fingerprint density at radius 1 is 1.15 bits per heavy atom. The van der Waals surface area contributed by atoms with E-state index < -0.39 is 11.9 Å². The lowest BCUT2D eigenvalue weighted by atomic mass is 9.93. The molecule has 170 valence electrons. The molecule has 2 N–H and O–H groups in total. The van der Waals surface area contributed by atoms with E-state index in [0.29, 0.717) is 53.0 Å². The minimum atomic E-state index is -0.906. The zero-order valence-corrected chi connectivity index (χ0v) is 18.8. The Morgan fingerprint density at radius 3 is 2.58 bits per heavy atom. The first-order valence-corrected chi connectivity index (χ1v) is 11.1. The third-order valence-electron chi connectivity index (χ3n) is 5.68. The number of benzene rings is 3. The van der Waals surface area contributed by atoms with Gasteiger partial charge in [0, 0.05) is 23.7 Å². The zero-order chi connectivity index (χ0) is 23.4. The number of aliphatic carboxylic acids is 1. The topological polar surface area (TPSA) is 84.9 Å². The van der Waals surface area contributed by atoms with Gasteiger partial charge >= 0.3 is 5.97 Å². The number of hydrogen-bond acceptors (Lipinski definition) is 4. The van der Waals surface area contributed by atoms with Crippen LogP contribution in [0.15, 0.2) is 66.7 Å². The number of carbonyl (C=O) groups excluding carboxylic acids is 1. The number of hydrogen-bond donors (Lipinski definition) is 2. The van der Waals surface area contributed by atoms with Crippen LogP contribution in [0.4, 0.5) is 0 Å². The highest BCUT2D eigenvalue weighted by Gasteiger charge is 2.29. The molecule has 0 saturated heterocycles. The molecule has 1 heterocycles. The van der Waals surface area contributed by atoms with Gasteiger partial charge in [-0.05, 0) is 48.2 Å². The Morgan fingerprint density at radius 2 is 1.88 bits per heavy atom. The maximum Gasteiger partial charge on any atom is 0.311 e. The van der Waals surface area contributed by atoms with Gasteiger partial charge in [-0.3, -0.25) is 9.59 Å². The molecular formula is C26H24ClNO5. The standard InChI is InChI=1S/C26H24ClNO5/c1-16(17-5-3-2-4-6-17)15-28-25(29)18-7-9-19(10-8-18)33-24-14-23-21(13-22(24)27)20(26(30)31)11-12-32-23/h2-10,13-14,16,20H,11-12,15H2,1H3,(H,28,29)(H,30,31). The fourth-order valence-electron chi connectivity index (χ4n) is 3.77. The van der Waals surface area contributed by atoms with Gasteiger partial charge < -0.3 is 19.9 Å². The Hall–Kier alpha value is -3.51. The molecule has 0 aliphatic carbocycles. The number of carboxylic acids is 1. The van der Waals surface area contributed by atoms with E-state index in [-0.39, 0.29) is 11.8 Å². The quantitative estimate of drug-likeness (QED) is 0.473. The van der Waals surface area contributed by atoms with Crippen LogP contribution in [0.5, 0.6) is 17.2 Å². The average molecular weight is 466 g/mol. The first kappa shape index (κ1) is 22.7. The van der Waals surface area contributed by atoms with E-state index in [1.807, 2.05) is 30.3 Å². The van der Waals surface area contributed by atoms with E-state index in [1.165, 1.54) is 5.56 Å². The van der Waals surface area contributed by atoms with E-state index in [1.54, 1.807) is 36.4 Å². The molecule has 0 spiro atoms. The minimum Gasteiger partial charge on any atom is -0.493 e. The van der Waals surface area contributed by atoms with Crippen LogP contribution in [0, 0.1) is 0 Å². The molecule has 1 aliphatic rings. The van der Waals surface area contributed by atoms with Gasteiger partial charge in [0.15, 0.2) is 0 Å². The second kappa shape index (κ2) is 9.96. The molecule has 3 aromatic carbocycles. The summed E-state index contributed by atoms with van der Waals surface area (Å²) in [6.07, 6.45) is 0.395. The van der Waals surface area contributed by atoms with Crippen LogP contribution in [-0.4, -0.2) is 30.1 Å². The Kier molecular flexibility index (Phi) is 6.84. The number of nitrogens with one attached hydrogen (secondary N) is 1. The molecule has 1 aliphatic heterocycles. The minimum absolute atomic E-state index is 0.163. The molecule has 1 amide bonds. The fraction of sp³-hybridized carbons (Fsp3) is 0.231. The third kappa shape index (κ3) is 5.29. The Bertz CT molecular complexity index is 1150. The second-order valence-electron chi connectivity index (χ2n) is 8.00. The molecule has 2 atom stereocenters. The van der Waals surface area contributed by atoms with Crippen molar-refractivity contribution in [3.8, 4) is 17.2 Å². The highest BCUT2D eigenvalue weighted by molar-refractivity contribution is 6.32. The van der Waals surface area contributed by atoms with Gasteiger partial charge in [-0.1, -0.05) is 48.9 Å². The van der Waals surface area contributed by atoms with Crippen LogP contribution in [-0.2, 0) is 4.79 Å². The van der Waals surface area contributed by atoms with Gasteiger partial charge in [0.25, 0.3) is 5.91 Å². The monoisotopic (exact) mass is 465 g/mol. The summed E-state index contributed by atoms with van der Waals surface area (Å²) in [6, 6.07) is 20.0. The van der Waals surface area contributed by atoms with Crippen molar-refractivity contribution < 1.29 is 24.2 Å². The summed E-state index contributed by atoms with van der Waals surface area (Å²) in [4.78, 5) is 24.0. The molecule has 2 unspecified atom stereocenters. The second-order valence-corrected chi connectivity index (χ2v) is 8.40. The predicted octanol–water partition coefficient (Wildman–Crippen LogP) is 5.62. The molecule has 33 heavy (non-hydrogen) atoms. The van der Waals surface area contributed by atoms with Crippen molar-refractivity contribution in [2.24, 2.45) is 0 Å². The van der Waals surface area contributed by atoms with Crippen LogP contribution >= 0.6 is 11.6 Å². The van der Waals surface area contributed by atoms with Crippen LogP contribution in [0.1, 0.15) is 46.7 Å². The first-order valence-electron chi connectivity index (χ1n) is 10.7. The lowest BCUT2D eigenvalue weighted by Crippen LogP contribution is -2.27. The van der Waals surface area contributed by atoms with Crippen molar-refractivity contribution in [3.63, 3.8) is 0 Å². The van der Waals surface area contributed by atoms with Gasteiger partial charge in [-0.15, -0.1) is 0 Å². The summed E-state index contributed by atoms with van der Waals surface area (Å²) >= 11 is 6.35. The molecule has 6 nitrogen and oxygen atoms in total. The molecule has 0 bridgehead atoms. The number of carbonyl (C=O) groups is 2. The molecule has 0 saturated carbocycles. The molecule has 7 heteroatoms. The predicted molar refractivity (Wildman–Crippen MR) is 126 cm³/mol. The number of ether oxygens (including phenoxy) is 2. The SMILES string of the molecule is CC(CNC(=O)c1ccc(Oc2cc3c(cc2Cl)C(C(=O)O)CCO3)cc1)c1ccccc1. The van der Waals surface area contributed by atoms with Gasteiger partial charge in [0.2, 0.25) is 0 Å². The number of carboxylic acid groups (broad SMARTS) is 1. The largest absolute Gasteiger partial charge is 0.493 e. The summed E-state index contributed by atoms with van der Waals surface area (Å²) < 4.78 is 11.5. The number of halogens is 1. The number of rotatable bonds is 7. The summed E-state index contributed by atoms with van der Waals surface area (Å²) in [7, 11) is 0. The normalized spacial score (nSPS) is 15.6. The zero-order valence-electron chi connectivity index (χ0n) is 18.1. The summed E-state index contributed by atoms with van der Waals surface area (Å²) in [5, 5.41) is 12.7. The maximum absolute atomic E-state index is 12.5. The summed E-state index contributed by atoms with van der Waals surface area (Å²) in [6.45, 7) is 2.91. The molecule has 4 rings (SSSR count). The smallest absolute Gasteiger partial charge is 0.311 e. The van der Waals surface area contributed by atoms with E-state index in [4.69, 9.17) is 21.1 Å².